The molecule has 1 unspecified atom stereocenters. The van der Waals surface area contributed by atoms with E-state index in [4.69, 9.17) is 9.47 Å². The van der Waals surface area contributed by atoms with Crippen LogP contribution in [-0.4, -0.2) is 82.1 Å². The maximum Gasteiger partial charge on any atom is 0.254 e. The molecule has 2 saturated heterocycles. The number of amides is 2. The SMILES string of the molecule is COc1cc(OC)cc(C(=O)N2CCC(C(=O)NC3CCCN(S(C)(=O)=O)C3)CC2)c1. The van der Waals surface area contributed by atoms with E-state index in [1.807, 2.05) is 0 Å². The lowest BCUT2D eigenvalue weighted by molar-refractivity contribution is -0.127. The lowest BCUT2D eigenvalue weighted by Gasteiger charge is -2.34. The van der Waals surface area contributed by atoms with Gasteiger partial charge in [0, 0.05) is 49.8 Å². The maximum absolute atomic E-state index is 12.9. The summed E-state index contributed by atoms with van der Waals surface area (Å²) in [5.74, 6) is 0.736. The summed E-state index contributed by atoms with van der Waals surface area (Å²) < 4.78 is 35.5. The molecule has 1 atom stereocenters. The third kappa shape index (κ3) is 5.88. The molecule has 0 saturated carbocycles. The summed E-state index contributed by atoms with van der Waals surface area (Å²) in [4.78, 5) is 27.4. The fraction of sp³-hybridized carbons (Fsp3) is 0.619. The van der Waals surface area contributed by atoms with Crippen molar-refractivity contribution in [1.82, 2.24) is 14.5 Å². The van der Waals surface area contributed by atoms with E-state index in [1.165, 1.54) is 24.8 Å². The monoisotopic (exact) mass is 453 g/mol. The highest BCUT2D eigenvalue weighted by molar-refractivity contribution is 7.88. The van der Waals surface area contributed by atoms with Crippen molar-refractivity contribution in [3.05, 3.63) is 23.8 Å². The summed E-state index contributed by atoms with van der Waals surface area (Å²) in [6.45, 7) is 1.79. The lowest BCUT2D eigenvalue weighted by Crippen LogP contribution is -2.51. The number of likely N-dealkylation sites (tertiary alicyclic amines) is 1. The van der Waals surface area contributed by atoms with Crippen LogP contribution in [0.2, 0.25) is 0 Å². The van der Waals surface area contributed by atoms with Crippen molar-refractivity contribution < 1.29 is 27.5 Å². The fourth-order valence-electron chi connectivity index (χ4n) is 4.14. The molecule has 31 heavy (non-hydrogen) atoms. The Balaban J connectivity index is 1.54. The van der Waals surface area contributed by atoms with Crippen LogP contribution in [0.5, 0.6) is 11.5 Å². The van der Waals surface area contributed by atoms with Crippen LogP contribution >= 0.6 is 0 Å². The Kier molecular flexibility index (Phi) is 7.42. The van der Waals surface area contributed by atoms with Crippen LogP contribution in [0, 0.1) is 5.92 Å². The Morgan fingerprint density at radius 3 is 2.16 bits per heavy atom. The molecule has 2 heterocycles. The van der Waals surface area contributed by atoms with Crippen molar-refractivity contribution in [2.45, 2.75) is 31.7 Å². The smallest absolute Gasteiger partial charge is 0.254 e. The molecule has 0 bridgehead atoms. The molecule has 0 aromatic heterocycles. The van der Waals surface area contributed by atoms with Gasteiger partial charge in [-0.05, 0) is 37.8 Å². The second kappa shape index (κ2) is 9.86. The predicted molar refractivity (Wildman–Crippen MR) is 116 cm³/mol. The number of ether oxygens (including phenoxy) is 2. The summed E-state index contributed by atoms with van der Waals surface area (Å²) in [6.07, 6.45) is 3.84. The number of nitrogens with one attached hydrogen (secondary N) is 1. The molecule has 0 aliphatic carbocycles. The van der Waals surface area contributed by atoms with Crippen LogP contribution in [0.3, 0.4) is 0 Å². The Labute approximate surface area is 183 Å². The lowest BCUT2D eigenvalue weighted by atomic mass is 9.94. The van der Waals surface area contributed by atoms with Crippen molar-refractivity contribution >= 4 is 21.8 Å². The van der Waals surface area contributed by atoms with Gasteiger partial charge in [0.25, 0.3) is 5.91 Å². The summed E-state index contributed by atoms with van der Waals surface area (Å²) in [6, 6.07) is 4.91. The number of piperidine rings is 2. The van der Waals surface area contributed by atoms with E-state index in [0.717, 1.165) is 12.8 Å². The average Bonchev–Trinajstić information content (AvgIpc) is 2.77. The van der Waals surface area contributed by atoms with Crippen LogP contribution in [0.1, 0.15) is 36.0 Å². The summed E-state index contributed by atoms with van der Waals surface area (Å²) in [7, 11) is -0.180. The minimum atomic E-state index is -3.25. The Bertz CT molecular complexity index is 889. The second-order valence-electron chi connectivity index (χ2n) is 8.14. The van der Waals surface area contributed by atoms with Gasteiger partial charge in [0.2, 0.25) is 15.9 Å². The number of benzene rings is 1. The minimum absolute atomic E-state index is 0.0597. The van der Waals surface area contributed by atoms with E-state index >= 15 is 0 Å². The maximum atomic E-state index is 12.9. The topological polar surface area (TPSA) is 105 Å². The van der Waals surface area contributed by atoms with Crippen molar-refractivity contribution in [3.8, 4) is 11.5 Å². The number of methoxy groups -OCH3 is 2. The highest BCUT2D eigenvalue weighted by Crippen LogP contribution is 2.26. The van der Waals surface area contributed by atoms with Crippen molar-refractivity contribution in [2.24, 2.45) is 5.92 Å². The van der Waals surface area contributed by atoms with Gasteiger partial charge in [0.1, 0.15) is 11.5 Å². The van der Waals surface area contributed by atoms with Crippen LogP contribution in [-0.2, 0) is 14.8 Å². The zero-order chi connectivity index (χ0) is 22.6. The van der Waals surface area contributed by atoms with Gasteiger partial charge in [0.05, 0.1) is 20.5 Å². The van der Waals surface area contributed by atoms with Gasteiger partial charge < -0.3 is 19.7 Å². The molecule has 1 aromatic carbocycles. The molecule has 0 radical (unpaired) electrons. The number of rotatable bonds is 6. The summed E-state index contributed by atoms with van der Waals surface area (Å²) in [5, 5.41) is 3.01. The van der Waals surface area contributed by atoms with Crippen LogP contribution in [0.25, 0.3) is 0 Å². The summed E-state index contributed by atoms with van der Waals surface area (Å²) in [5.41, 5.74) is 0.488. The first kappa shape index (κ1) is 23.3. The number of hydrogen-bond acceptors (Lipinski definition) is 6. The molecule has 0 spiro atoms. The molecular formula is C21H31N3O6S. The minimum Gasteiger partial charge on any atom is -0.497 e. The third-order valence-electron chi connectivity index (χ3n) is 5.95. The number of hydrogen-bond donors (Lipinski definition) is 1. The normalized spacial score (nSPS) is 20.9. The van der Waals surface area contributed by atoms with Crippen LogP contribution in [0.15, 0.2) is 18.2 Å². The number of sulfonamides is 1. The van der Waals surface area contributed by atoms with E-state index in [1.54, 1.807) is 23.1 Å². The van der Waals surface area contributed by atoms with Gasteiger partial charge in [-0.15, -0.1) is 0 Å². The van der Waals surface area contributed by atoms with E-state index in [9.17, 15) is 18.0 Å². The quantitative estimate of drug-likeness (QED) is 0.692. The number of carbonyl (C=O) groups is 2. The zero-order valence-electron chi connectivity index (χ0n) is 18.3. The average molecular weight is 454 g/mol. The molecule has 2 aliphatic rings. The largest absolute Gasteiger partial charge is 0.497 e. The first-order valence-electron chi connectivity index (χ1n) is 10.5. The first-order valence-corrected chi connectivity index (χ1v) is 12.3. The van der Waals surface area contributed by atoms with Crippen molar-refractivity contribution in [3.63, 3.8) is 0 Å². The molecule has 3 rings (SSSR count). The Morgan fingerprint density at radius 2 is 1.61 bits per heavy atom. The highest BCUT2D eigenvalue weighted by atomic mass is 32.2. The van der Waals surface area contributed by atoms with Gasteiger partial charge >= 0.3 is 0 Å². The van der Waals surface area contributed by atoms with Gasteiger partial charge in [-0.3, -0.25) is 9.59 Å². The molecule has 9 nitrogen and oxygen atoms in total. The molecule has 10 heteroatoms. The van der Waals surface area contributed by atoms with E-state index in [2.05, 4.69) is 5.32 Å². The molecule has 1 N–H and O–H groups in total. The van der Waals surface area contributed by atoms with E-state index in [-0.39, 0.29) is 23.8 Å². The van der Waals surface area contributed by atoms with E-state index in [0.29, 0.717) is 56.1 Å². The molecule has 2 aliphatic heterocycles. The van der Waals surface area contributed by atoms with Gasteiger partial charge in [-0.1, -0.05) is 0 Å². The summed E-state index contributed by atoms with van der Waals surface area (Å²) >= 11 is 0. The Hall–Kier alpha value is -2.33. The van der Waals surface area contributed by atoms with Crippen LogP contribution in [0.4, 0.5) is 0 Å². The predicted octanol–water partition coefficient (Wildman–Crippen LogP) is 1.10. The van der Waals surface area contributed by atoms with Gasteiger partial charge in [-0.2, -0.15) is 0 Å². The zero-order valence-corrected chi connectivity index (χ0v) is 19.1. The number of nitrogens with zero attached hydrogens (tertiary/aromatic N) is 2. The van der Waals surface area contributed by atoms with Crippen molar-refractivity contribution in [1.29, 1.82) is 0 Å². The van der Waals surface area contributed by atoms with Crippen molar-refractivity contribution in [2.75, 3.05) is 46.7 Å². The number of carbonyl (C=O) groups excluding carboxylic acids is 2. The van der Waals surface area contributed by atoms with Gasteiger partial charge in [0.15, 0.2) is 0 Å². The molecule has 2 fully saturated rings. The van der Waals surface area contributed by atoms with E-state index < -0.39 is 10.0 Å². The molecule has 2 amide bonds. The highest BCUT2D eigenvalue weighted by Gasteiger charge is 2.31. The fourth-order valence-corrected chi connectivity index (χ4v) is 5.05. The standard InChI is InChI=1S/C21H31N3O6S/c1-29-18-11-16(12-19(13-18)30-2)21(26)23-9-6-15(7-10-23)20(25)22-17-5-4-8-24(14-17)31(3,27)28/h11-13,15,17H,4-10,14H2,1-3H3,(H,22,25). The second-order valence-corrected chi connectivity index (χ2v) is 10.1. The molecule has 1 aromatic rings. The molecule has 172 valence electrons. The Morgan fingerprint density at radius 1 is 1.00 bits per heavy atom. The van der Waals surface area contributed by atoms with Crippen LogP contribution < -0.4 is 14.8 Å². The molecular weight excluding hydrogens is 422 g/mol. The first-order chi connectivity index (χ1) is 14.7. The third-order valence-corrected chi connectivity index (χ3v) is 7.22. The van der Waals surface area contributed by atoms with Gasteiger partial charge in [-0.25, -0.2) is 12.7 Å².